The molecule has 0 spiro atoms. The first-order valence-electron chi connectivity index (χ1n) is 49.7. The number of nitrogens with one attached hydrogen (secondary N) is 5. The van der Waals surface area contributed by atoms with E-state index in [1.807, 2.05) is 122 Å². The number of nitrogens with zero attached hydrogens (tertiary/aromatic N) is 17. The SMILES string of the molecule is CCS(=O)(=O)N1CCC(Nc2cc(-c3cc(F)nc(F)c3)cc3ccncc23)CC1.CCS(=O)(=O)N1CCC(Nc2cc(-c3ccc4c(cnn4C)c3)cc3ccncc23)CC1.CCS(=O)(=O)N1CCC(Nc2cc(-c3ccnc(Cl)c3F)cc3ccncc23)CC1.CCS(=O)(=O)N1CCC(Nc2cc(-c3ccnc(F)c3)cc3ccncc23)CC1.CS(=O)(=O)N1CCC(Nc2cc(-c3cncc(C#N)c3)cc3ccncc23)CC1. The van der Waals surface area contributed by atoms with Crippen LogP contribution in [0.5, 0.6) is 0 Å². The van der Waals surface area contributed by atoms with Gasteiger partial charge in [0.15, 0.2) is 11.0 Å². The van der Waals surface area contributed by atoms with E-state index in [2.05, 4.69) is 119 Å². The second-order valence-corrected chi connectivity index (χ2v) is 48.9. The van der Waals surface area contributed by atoms with Crippen LogP contribution in [0.25, 0.3) is 120 Å². The molecule has 0 amide bonds. The molecule has 6 aromatic carbocycles. The topological polar surface area (TPSA) is 405 Å². The van der Waals surface area contributed by atoms with Crippen molar-refractivity contribution in [1.82, 2.24) is 76.2 Å². The maximum atomic E-state index is 14.6. The summed E-state index contributed by atoms with van der Waals surface area (Å²) in [5, 5.41) is 42.2. The zero-order chi connectivity index (χ0) is 106. The number of fused-ring (bicyclic) bond motifs is 6. The van der Waals surface area contributed by atoms with E-state index in [0.717, 1.165) is 165 Å². The average molecular weight is 2150 g/mol. The summed E-state index contributed by atoms with van der Waals surface area (Å²) in [6.45, 7) is 11.7. The van der Waals surface area contributed by atoms with E-state index in [1.54, 1.807) is 102 Å². The molecule has 0 bridgehead atoms. The van der Waals surface area contributed by atoms with Gasteiger partial charge in [-0.15, -0.1) is 0 Å². The lowest BCUT2D eigenvalue weighted by Crippen LogP contribution is -2.42. The van der Waals surface area contributed by atoms with E-state index in [4.69, 9.17) is 11.6 Å². The quantitative estimate of drug-likeness (QED) is 0.0277. The summed E-state index contributed by atoms with van der Waals surface area (Å²) in [5.41, 5.74) is 14.0. The molecule has 0 unspecified atom stereocenters. The number of aromatic nitrogens is 11. The van der Waals surface area contributed by atoms with Crippen LogP contribution in [0.1, 0.15) is 97.5 Å². The van der Waals surface area contributed by atoms with E-state index >= 15 is 0 Å². The van der Waals surface area contributed by atoms with Crippen LogP contribution in [-0.4, -0.2) is 243 Å². The number of anilines is 5. The molecule has 10 aromatic heterocycles. The van der Waals surface area contributed by atoms with Gasteiger partial charge < -0.3 is 26.6 Å². The maximum absolute atomic E-state index is 14.6. The summed E-state index contributed by atoms with van der Waals surface area (Å²) in [7, 11) is -13.8. The van der Waals surface area contributed by atoms with Gasteiger partial charge in [0.2, 0.25) is 68.0 Å². The minimum atomic E-state index is -3.18. The molecule has 5 N–H and O–H groups in total. The Kier molecular flexibility index (Phi) is 34.0. The molecule has 5 saturated heterocycles. The Hall–Kier alpha value is -13.5. The van der Waals surface area contributed by atoms with Gasteiger partial charge in [0, 0.05) is 280 Å². The van der Waals surface area contributed by atoms with Gasteiger partial charge in [-0.05, 0) is 285 Å². The number of pyridine rings is 9. The van der Waals surface area contributed by atoms with Gasteiger partial charge in [0.1, 0.15) is 6.07 Å². The molecule has 150 heavy (non-hydrogen) atoms. The third-order valence-corrected chi connectivity index (χ3v) is 37.0. The van der Waals surface area contributed by atoms with Gasteiger partial charge in [0.25, 0.3) is 0 Å². The molecule has 32 nitrogen and oxygen atoms in total. The van der Waals surface area contributed by atoms with Crippen LogP contribution in [0.3, 0.4) is 0 Å². The van der Waals surface area contributed by atoms with Crippen LogP contribution in [0.15, 0.2) is 239 Å². The van der Waals surface area contributed by atoms with Crippen LogP contribution in [0, 0.1) is 35.0 Å². The Morgan fingerprint density at radius 2 is 0.647 bits per heavy atom. The van der Waals surface area contributed by atoms with Crippen molar-refractivity contribution in [3.63, 3.8) is 0 Å². The second-order valence-electron chi connectivity index (χ2n) is 37.5. The van der Waals surface area contributed by atoms with Crippen LogP contribution < -0.4 is 26.6 Å². The van der Waals surface area contributed by atoms with Gasteiger partial charge in [-0.3, -0.25) is 34.6 Å². The largest absolute Gasteiger partial charge is 0.382 e. The first kappa shape index (κ1) is 108. The first-order valence-corrected chi connectivity index (χ1v) is 58.4. The maximum Gasteiger partial charge on any atom is 0.216 e. The molecule has 42 heteroatoms. The molecule has 0 saturated carbocycles. The summed E-state index contributed by atoms with van der Waals surface area (Å²) in [6.07, 6.45) is 34.3. The van der Waals surface area contributed by atoms with E-state index in [0.29, 0.717) is 119 Å². The predicted molar refractivity (Wildman–Crippen MR) is 585 cm³/mol. The lowest BCUT2D eigenvalue weighted by atomic mass is 9.98. The van der Waals surface area contributed by atoms with Crippen LogP contribution >= 0.6 is 11.6 Å². The Morgan fingerprint density at radius 1 is 0.333 bits per heavy atom. The van der Waals surface area contributed by atoms with Crippen LogP contribution in [0.4, 0.5) is 46.0 Å². The fraction of sp³-hybridized carbons (Fsp3) is 0.324. The number of piperidine rings is 5. The Balaban J connectivity index is 0.000000128. The lowest BCUT2D eigenvalue weighted by Gasteiger charge is -2.32. The number of rotatable bonds is 24. The fourth-order valence-electron chi connectivity index (χ4n) is 19.5. The summed E-state index contributed by atoms with van der Waals surface area (Å²) in [5.74, 6) is -2.33. The molecule has 0 radical (unpaired) electrons. The third kappa shape index (κ3) is 26.0. The Bertz CT molecular complexity index is 8280. The van der Waals surface area contributed by atoms with Gasteiger partial charge >= 0.3 is 0 Å². The normalized spacial score (nSPS) is 16.1. The number of hydrogen-bond acceptors (Lipinski definition) is 26. The van der Waals surface area contributed by atoms with Crippen molar-refractivity contribution in [1.29, 1.82) is 5.26 Å². The molecule has 782 valence electrons. The van der Waals surface area contributed by atoms with Crippen molar-refractivity contribution in [3.8, 4) is 61.7 Å². The lowest BCUT2D eigenvalue weighted by molar-refractivity contribution is 0.330. The number of aryl methyl sites for hydroxylation is 1. The van der Waals surface area contributed by atoms with Crippen LogP contribution in [0.2, 0.25) is 5.15 Å². The number of nitriles is 1. The minimum Gasteiger partial charge on any atom is -0.382 e. The highest BCUT2D eigenvalue weighted by Crippen LogP contribution is 2.41. The molecule has 0 aliphatic carbocycles. The molecule has 5 fully saturated rings. The number of benzene rings is 6. The molecule has 16 aromatic rings. The highest BCUT2D eigenvalue weighted by molar-refractivity contribution is 7.90. The summed E-state index contributed by atoms with van der Waals surface area (Å²) >= 11 is 5.87. The van der Waals surface area contributed by atoms with E-state index in [1.165, 1.54) is 45.5 Å². The highest BCUT2D eigenvalue weighted by atomic mass is 35.5. The van der Waals surface area contributed by atoms with Crippen molar-refractivity contribution >= 4 is 155 Å². The number of hydrogen-bond donors (Lipinski definition) is 5. The molecule has 0 atom stereocenters. The Labute approximate surface area is 874 Å². The molecule has 5 aliphatic rings. The number of halogens is 5. The van der Waals surface area contributed by atoms with Crippen molar-refractivity contribution in [2.75, 3.05) is 121 Å². The van der Waals surface area contributed by atoms with E-state index in [-0.39, 0.29) is 58.4 Å². The first-order chi connectivity index (χ1) is 72.1. The predicted octanol–water partition coefficient (Wildman–Crippen LogP) is 18.8. The van der Waals surface area contributed by atoms with Gasteiger partial charge in [-0.2, -0.15) is 28.5 Å². The van der Waals surface area contributed by atoms with Crippen molar-refractivity contribution in [2.45, 2.75) is 122 Å². The summed E-state index contributed by atoms with van der Waals surface area (Å²) < 4.78 is 186. The van der Waals surface area contributed by atoms with Crippen molar-refractivity contribution in [2.24, 2.45) is 7.05 Å². The third-order valence-electron chi connectivity index (χ3n) is 27.9. The van der Waals surface area contributed by atoms with E-state index < -0.39 is 73.8 Å². The average Bonchev–Trinajstić information content (AvgIpc) is 1.20. The van der Waals surface area contributed by atoms with Gasteiger partial charge in [-0.1, -0.05) is 17.7 Å². The van der Waals surface area contributed by atoms with Crippen LogP contribution in [-0.2, 0) is 57.2 Å². The van der Waals surface area contributed by atoms with Crippen molar-refractivity contribution < 1.29 is 59.7 Å². The minimum absolute atomic E-state index is 0.0814. The fourth-order valence-corrected chi connectivity index (χ4v) is 25.1. The zero-order valence-electron chi connectivity index (χ0n) is 83.5. The monoisotopic (exact) mass is 2150 g/mol. The molecule has 21 rings (SSSR count). The van der Waals surface area contributed by atoms with Crippen molar-refractivity contribution in [3.05, 3.63) is 273 Å². The van der Waals surface area contributed by atoms with E-state index in [9.17, 15) is 64.9 Å². The summed E-state index contributed by atoms with van der Waals surface area (Å²) in [6, 6.07) is 47.9. The molecule has 15 heterocycles. The molecular weight excluding hydrogens is 2040 g/mol. The smallest absolute Gasteiger partial charge is 0.216 e. The second kappa shape index (κ2) is 47.4. The van der Waals surface area contributed by atoms with Gasteiger partial charge in [-0.25, -0.2) is 78.0 Å². The Morgan fingerprint density at radius 3 is 1.00 bits per heavy atom. The standard InChI is InChI=1S/C24H27N5O2S.C21H22ClFN4O2S.C21H22F2N4O2S.C21H23FN4O2S.C21H21N5O2S/c1-3-32(30,31)29-10-7-21(8-11-29)27-23-14-19(13-18-6-9-25-16-22(18)23)17-4-5-24-20(12-17)15-26-28(24)2;1-2-30(28,29)27-9-5-16(6-10-27)26-19-12-15(11-14-3-7-24-13-18(14)19)17-4-8-25-21(22)20(17)23;1-2-30(28,29)27-7-4-17(5-8-27)25-19-10-15(9-14-3-6-24-13-18(14)19)16-11-20(22)26-21(23)12-16;1-2-29(27,28)26-9-5-18(6-10-26)25-20-12-17(15-4-8-24-21(22)13-15)11-16-3-7-23-14-19(16)20;1-29(27,28)26-6-3-19(4-7-26)25-21-10-17(9-16-2-5-23-14-20(16)21)18-8-15(11-22)12-24-13-18/h4-6,9,12-16,21,27H,3,7-8,10-11H2,1-2H3;3-4,7-8,11-13,16,26H,2,5-6,9-10H2,1H3;3,6,9-13,17,25H,2,4-5,7-8H2,1H3;3-4,7-8,11-14,18,25H,2,5-6,9-10H2,1H3;2,5,8-10,12-14,19,25H,3-4,6-7H2,1H3. The molecular formula is C108H115ClF4N22O10S5. The molecule has 5 aliphatic heterocycles. The zero-order valence-corrected chi connectivity index (χ0v) is 88.3. The summed E-state index contributed by atoms with van der Waals surface area (Å²) in [4.78, 5) is 36.0. The number of sulfonamides is 5. The highest BCUT2D eigenvalue weighted by Gasteiger charge is 2.34. The van der Waals surface area contributed by atoms with Gasteiger partial charge in [0.05, 0.1) is 46.5 Å².